The quantitative estimate of drug-likeness (QED) is 0.389. The molecule has 0 atom stereocenters. The maximum atomic E-state index is 13.4. The fourth-order valence-corrected chi connectivity index (χ4v) is 3.59. The fourth-order valence-electron chi connectivity index (χ4n) is 3.59. The first-order valence-electron chi connectivity index (χ1n) is 10.7. The molecule has 36 heavy (non-hydrogen) atoms. The molecule has 0 fully saturated rings. The Morgan fingerprint density at radius 2 is 1.69 bits per heavy atom. The zero-order chi connectivity index (χ0) is 25.5. The molecule has 0 unspecified atom stereocenters. The molecular formula is C25H25FLiN5O4. The monoisotopic (exact) mass is 485 g/mol. The third kappa shape index (κ3) is 7.98. The summed E-state index contributed by atoms with van der Waals surface area (Å²) in [7, 11) is 0. The first-order valence-corrected chi connectivity index (χ1v) is 10.7. The first-order chi connectivity index (χ1) is 16.6. The van der Waals surface area contributed by atoms with E-state index in [0.717, 1.165) is 5.56 Å². The van der Waals surface area contributed by atoms with Crippen molar-refractivity contribution in [3.8, 4) is 0 Å². The van der Waals surface area contributed by atoms with Crippen LogP contribution in [0.1, 0.15) is 48.8 Å². The average molecular weight is 485 g/mol. The summed E-state index contributed by atoms with van der Waals surface area (Å²) in [6.07, 6.45) is 1.24. The molecule has 11 heteroatoms. The molecular weight excluding hydrogens is 460 g/mol. The van der Waals surface area contributed by atoms with Crippen LogP contribution in [-0.2, 0) is 24.4 Å². The summed E-state index contributed by atoms with van der Waals surface area (Å²) in [4.78, 5) is 45.3. The maximum absolute atomic E-state index is 13.4. The predicted molar refractivity (Wildman–Crippen MR) is 126 cm³/mol. The molecule has 0 spiro atoms. The van der Waals surface area contributed by atoms with Crippen molar-refractivity contribution in [3.63, 3.8) is 0 Å². The van der Waals surface area contributed by atoms with Crippen LogP contribution in [0.2, 0.25) is 0 Å². The van der Waals surface area contributed by atoms with Crippen molar-refractivity contribution in [1.29, 1.82) is 0 Å². The molecule has 3 aromatic rings. The molecule has 2 amide bonds. The van der Waals surface area contributed by atoms with Gasteiger partial charge in [-0.05, 0) is 48.7 Å². The number of aromatic carboxylic acids is 1. The summed E-state index contributed by atoms with van der Waals surface area (Å²) in [6.45, 7) is 3.86. The number of carboxylic acids is 1. The summed E-state index contributed by atoms with van der Waals surface area (Å²) >= 11 is 0. The molecule has 1 aromatic heterocycles. The minimum Gasteiger partial charge on any atom is -0.644 e. The van der Waals surface area contributed by atoms with Crippen LogP contribution in [0.4, 0.5) is 4.39 Å². The number of benzene rings is 2. The van der Waals surface area contributed by atoms with E-state index >= 15 is 0 Å². The van der Waals surface area contributed by atoms with Crippen molar-refractivity contribution in [2.24, 2.45) is 5.73 Å². The van der Waals surface area contributed by atoms with Gasteiger partial charge >= 0.3 is 24.8 Å². The second-order valence-electron chi connectivity index (χ2n) is 8.17. The Morgan fingerprint density at radius 3 is 2.33 bits per heavy atom. The minimum atomic E-state index is -1.01. The molecule has 3 N–H and O–H groups in total. The first kappa shape index (κ1) is 28.7. The number of amides is 2. The SMILES string of the molecule is Cc1cc(C[N-]C(=O)c2cc(CN(CC(N)=O)Cc3ccc(C(=O)O)c(C)c3)ncn2)ccc1F.[Li+]. The summed E-state index contributed by atoms with van der Waals surface area (Å²) in [5, 5.41) is 13.2. The minimum absolute atomic E-state index is 0. The van der Waals surface area contributed by atoms with Crippen LogP contribution in [0.3, 0.4) is 0 Å². The van der Waals surface area contributed by atoms with Crippen LogP contribution < -0.4 is 24.6 Å². The number of halogens is 1. The smallest absolute Gasteiger partial charge is 0.644 e. The van der Waals surface area contributed by atoms with Crippen molar-refractivity contribution in [2.75, 3.05) is 6.54 Å². The molecule has 2 aromatic carbocycles. The Kier molecular flexibility index (Phi) is 10.3. The standard InChI is InChI=1S/C25H26FN5O4.Li/c1-15-7-18(3-5-20(15)25(34)35)11-31(13-23(27)32)12-19-9-22(30-14-29-19)24(33)28-10-17-4-6-21(26)16(2)8-17;/h3-9,14H,10-13H2,1-2H3,(H4,27,28,32,33,34,35);/q;+1/p-1. The molecule has 3 rings (SSSR count). The molecule has 0 aliphatic rings. The molecule has 1 heterocycles. The van der Waals surface area contributed by atoms with E-state index in [1.165, 1.54) is 24.5 Å². The maximum Gasteiger partial charge on any atom is 1.00 e. The van der Waals surface area contributed by atoms with Crippen LogP contribution in [-0.4, -0.2) is 44.3 Å². The number of carbonyl (C=O) groups is 3. The number of nitrogens with zero attached hydrogens (tertiary/aromatic N) is 4. The van der Waals surface area contributed by atoms with E-state index in [4.69, 9.17) is 5.73 Å². The van der Waals surface area contributed by atoms with E-state index < -0.39 is 17.8 Å². The third-order valence-electron chi connectivity index (χ3n) is 5.26. The van der Waals surface area contributed by atoms with Crippen molar-refractivity contribution >= 4 is 17.8 Å². The summed E-state index contributed by atoms with van der Waals surface area (Å²) in [5.74, 6) is -2.42. The number of hydrogen-bond donors (Lipinski definition) is 2. The molecule has 182 valence electrons. The molecule has 0 aliphatic carbocycles. The zero-order valence-corrected chi connectivity index (χ0v) is 20.4. The Bertz CT molecular complexity index is 1270. The zero-order valence-electron chi connectivity index (χ0n) is 20.4. The van der Waals surface area contributed by atoms with Crippen molar-refractivity contribution in [2.45, 2.75) is 33.5 Å². The molecule has 0 bridgehead atoms. The Hall–Kier alpha value is -3.58. The largest absolute Gasteiger partial charge is 1.00 e. The fraction of sp³-hybridized carbons (Fsp3) is 0.240. The van der Waals surface area contributed by atoms with Crippen LogP contribution in [0, 0.1) is 19.7 Å². The second kappa shape index (κ2) is 12.9. The average Bonchev–Trinajstić information content (AvgIpc) is 2.79. The number of carbonyl (C=O) groups excluding carboxylic acids is 2. The number of nitrogens with two attached hydrogens (primary N) is 1. The van der Waals surface area contributed by atoms with E-state index in [1.807, 2.05) is 0 Å². The number of aryl methyl sites for hydroxylation is 2. The summed E-state index contributed by atoms with van der Waals surface area (Å²) in [6, 6.07) is 11.0. The molecule has 0 saturated carbocycles. The van der Waals surface area contributed by atoms with Crippen LogP contribution in [0.15, 0.2) is 48.8 Å². The van der Waals surface area contributed by atoms with Crippen LogP contribution >= 0.6 is 0 Å². The van der Waals surface area contributed by atoms with E-state index in [9.17, 15) is 23.9 Å². The number of carboxylic acid groups (broad SMARTS) is 1. The molecule has 0 saturated heterocycles. The van der Waals surface area contributed by atoms with Crippen molar-refractivity contribution in [3.05, 3.63) is 99.1 Å². The number of hydrogen-bond acceptors (Lipinski definition) is 6. The van der Waals surface area contributed by atoms with Crippen molar-refractivity contribution < 1.29 is 42.7 Å². The van der Waals surface area contributed by atoms with Gasteiger partial charge in [-0.1, -0.05) is 29.8 Å². The van der Waals surface area contributed by atoms with Gasteiger partial charge < -0.3 is 21.0 Å². The van der Waals surface area contributed by atoms with Crippen LogP contribution in [0.5, 0.6) is 0 Å². The van der Waals surface area contributed by atoms with Gasteiger partial charge in [-0.15, -0.1) is 6.54 Å². The third-order valence-corrected chi connectivity index (χ3v) is 5.26. The summed E-state index contributed by atoms with van der Waals surface area (Å²) in [5.41, 5.74) is 8.74. The van der Waals surface area contributed by atoms with E-state index in [0.29, 0.717) is 28.9 Å². The molecule has 0 aliphatic heterocycles. The Balaban J connectivity index is 0.00000456. The predicted octanol–water partition coefficient (Wildman–Crippen LogP) is 0.136. The van der Waals surface area contributed by atoms with Gasteiger partial charge in [0.15, 0.2) is 0 Å². The number of aromatic nitrogens is 2. The molecule has 9 nitrogen and oxygen atoms in total. The van der Waals surface area contributed by atoms with Gasteiger partial charge in [0.25, 0.3) is 0 Å². The Morgan fingerprint density at radius 1 is 1.00 bits per heavy atom. The van der Waals surface area contributed by atoms with Gasteiger partial charge in [-0.25, -0.2) is 19.2 Å². The normalized spacial score (nSPS) is 10.6. The van der Waals surface area contributed by atoms with Gasteiger partial charge in [0, 0.05) is 13.1 Å². The number of rotatable bonds is 10. The van der Waals surface area contributed by atoms with E-state index in [1.54, 1.807) is 43.0 Å². The van der Waals surface area contributed by atoms with E-state index in [2.05, 4.69) is 15.3 Å². The van der Waals surface area contributed by atoms with Crippen molar-refractivity contribution in [1.82, 2.24) is 14.9 Å². The van der Waals surface area contributed by atoms with Gasteiger partial charge in [-0.2, -0.15) is 0 Å². The van der Waals surface area contributed by atoms with Gasteiger partial charge in [0.1, 0.15) is 18.1 Å². The van der Waals surface area contributed by atoms with E-state index in [-0.39, 0.29) is 55.6 Å². The second-order valence-corrected chi connectivity index (χ2v) is 8.17. The van der Waals surface area contributed by atoms with Gasteiger partial charge in [0.2, 0.25) is 5.91 Å². The van der Waals surface area contributed by atoms with Crippen LogP contribution in [0.25, 0.3) is 5.32 Å². The Labute approximate surface area is 220 Å². The van der Waals surface area contributed by atoms with Gasteiger partial charge in [-0.3, -0.25) is 9.69 Å². The number of primary amides is 1. The summed E-state index contributed by atoms with van der Waals surface area (Å²) < 4.78 is 13.4. The van der Waals surface area contributed by atoms with Gasteiger partial charge in [0.05, 0.1) is 23.5 Å². The topological polar surface area (TPSA) is 141 Å². The molecule has 0 radical (unpaired) electrons.